The molecule has 1 aliphatic rings. The van der Waals surface area contributed by atoms with Crippen molar-refractivity contribution in [2.45, 2.75) is 40.5 Å². The Kier molecular flexibility index (Phi) is 2.41. The Balaban J connectivity index is 2.82. The van der Waals surface area contributed by atoms with Gasteiger partial charge in [0.15, 0.2) is 0 Å². The van der Waals surface area contributed by atoms with Crippen molar-refractivity contribution in [3.05, 3.63) is 11.6 Å². The molecule has 0 fully saturated rings. The van der Waals surface area contributed by atoms with Gasteiger partial charge in [-0.25, -0.2) is 0 Å². The molecule has 1 aliphatic carbocycles. The molecule has 1 atom stereocenters. The van der Waals surface area contributed by atoms with E-state index < -0.39 is 0 Å². The number of hydrogen-bond acceptors (Lipinski definition) is 1. The highest BCUT2D eigenvalue weighted by Crippen LogP contribution is 2.38. The molecule has 12 heavy (non-hydrogen) atoms. The summed E-state index contributed by atoms with van der Waals surface area (Å²) in [6.07, 6.45) is 4.35. The zero-order valence-electron chi connectivity index (χ0n) is 8.48. The van der Waals surface area contributed by atoms with E-state index in [4.69, 9.17) is 0 Å². The highest BCUT2D eigenvalue weighted by Gasteiger charge is 2.29. The number of hydrogen-bond donors (Lipinski definition) is 0. The normalized spacial score (nSPS) is 28.0. The van der Waals surface area contributed by atoms with Gasteiger partial charge in [-0.05, 0) is 32.1 Å². The van der Waals surface area contributed by atoms with Crippen LogP contribution in [0.15, 0.2) is 11.6 Å². The average Bonchev–Trinajstić information content (AvgIpc) is 1.94. The molecule has 0 N–H and O–H groups in total. The second-order valence-corrected chi connectivity index (χ2v) is 4.68. The highest BCUT2D eigenvalue weighted by molar-refractivity contribution is 5.81. The van der Waals surface area contributed by atoms with Gasteiger partial charge in [0.2, 0.25) is 0 Å². The van der Waals surface area contributed by atoms with Crippen molar-refractivity contribution in [3.63, 3.8) is 0 Å². The third kappa shape index (κ3) is 1.96. The van der Waals surface area contributed by atoms with Crippen LogP contribution in [0.25, 0.3) is 0 Å². The maximum absolute atomic E-state index is 11.3. The molecule has 0 aliphatic heterocycles. The molecule has 0 radical (unpaired) electrons. The summed E-state index contributed by atoms with van der Waals surface area (Å²) in [5.41, 5.74) is 1.58. The minimum absolute atomic E-state index is 0.189. The van der Waals surface area contributed by atoms with Crippen molar-refractivity contribution in [1.82, 2.24) is 0 Å². The van der Waals surface area contributed by atoms with Gasteiger partial charge < -0.3 is 0 Å². The molecule has 0 aromatic carbocycles. The largest absolute Gasteiger partial charge is 0.299 e. The van der Waals surface area contributed by atoms with Crippen LogP contribution in [0.5, 0.6) is 0 Å². The zero-order chi connectivity index (χ0) is 9.35. The van der Waals surface area contributed by atoms with Crippen LogP contribution >= 0.6 is 0 Å². The number of carbonyl (C=O) groups is 1. The maximum Gasteiger partial charge on any atom is 0.136 e. The topological polar surface area (TPSA) is 17.1 Å². The van der Waals surface area contributed by atoms with E-state index in [2.05, 4.69) is 26.8 Å². The molecule has 0 saturated heterocycles. The lowest BCUT2D eigenvalue weighted by molar-refractivity contribution is -0.120. The lowest BCUT2D eigenvalue weighted by Gasteiger charge is -2.32. The molecule has 1 rings (SSSR count). The highest BCUT2D eigenvalue weighted by atomic mass is 16.1. The van der Waals surface area contributed by atoms with Crippen molar-refractivity contribution >= 4 is 5.78 Å². The summed E-state index contributed by atoms with van der Waals surface area (Å²) in [5.74, 6) is 0.505. The van der Waals surface area contributed by atoms with Gasteiger partial charge >= 0.3 is 0 Å². The van der Waals surface area contributed by atoms with Crippen molar-refractivity contribution in [2.75, 3.05) is 0 Å². The Hall–Kier alpha value is -0.590. The van der Waals surface area contributed by atoms with Gasteiger partial charge in [-0.3, -0.25) is 4.79 Å². The lowest BCUT2D eigenvalue weighted by Crippen LogP contribution is -2.26. The lowest BCUT2D eigenvalue weighted by atomic mass is 9.72. The predicted molar refractivity (Wildman–Crippen MR) is 50.9 cm³/mol. The van der Waals surface area contributed by atoms with Crippen LogP contribution < -0.4 is 0 Å². The Morgan fingerprint density at radius 2 is 2.17 bits per heavy atom. The van der Waals surface area contributed by atoms with Gasteiger partial charge in [0.1, 0.15) is 5.78 Å². The Bertz CT molecular complexity index is 223. The summed E-state index contributed by atoms with van der Waals surface area (Å²) in [4.78, 5) is 11.3. The first-order valence-electron chi connectivity index (χ1n) is 4.59. The zero-order valence-corrected chi connectivity index (χ0v) is 8.48. The molecule has 1 nitrogen and oxygen atoms in total. The Morgan fingerprint density at radius 1 is 1.58 bits per heavy atom. The molecule has 0 amide bonds. The Labute approximate surface area is 74.9 Å². The first-order valence-corrected chi connectivity index (χ1v) is 4.59. The van der Waals surface area contributed by atoms with Crippen LogP contribution in [0.4, 0.5) is 0 Å². The van der Waals surface area contributed by atoms with Crippen molar-refractivity contribution < 1.29 is 4.79 Å². The average molecular weight is 166 g/mol. The fourth-order valence-corrected chi connectivity index (χ4v) is 1.84. The second kappa shape index (κ2) is 3.04. The van der Waals surface area contributed by atoms with Crippen LogP contribution in [0.1, 0.15) is 40.5 Å². The van der Waals surface area contributed by atoms with Gasteiger partial charge in [0, 0.05) is 5.92 Å². The summed E-state index contributed by atoms with van der Waals surface area (Å²) in [5, 5.41) is 0. The minimum Gasteiger partial charge on any atom is -0.299 e. The molecule has 0 spiro atoms. The third-order valence-electron chi connectivity index (χ3n) is 2.77. The Morgan fingerprint density at radius 3 is 2.58 bits per heavy atom. The van der Waals surface area contributed by atoms with Gasteiger partial charge in [0.25, 0.3) is 0 Å². The first kappa shape index (κ1) is 9.50. The van der Waals surface area contributed by atoms with E-state index in [0.29, 0.717) is 11.2 Å². The molecule has 0 heterocycles. The summed E-state index contributed by atoms with van der Waals surface area (Å²) >= 11 is 0. The van der Waals surface area contributed by atoms with Crippen molar-refractivity contribution in [1.29, 1.82) is 0 Å². The number of Topliss-reactive ketones (excluding diaryl/α,β-unsaturated/α-hetero) is 1. The van der Waals surface area contributed by atoms with Crippen molar-refractivity contribution in [3.8, 4) is 0 Å². The quantitative estimate of drug-likeness (QED) is 0.547. The van der Waals surface area contributed by atoms with E-state index in [9.17, 15) is 4.79 Å². The van der Waals surface area contributed by atoms with Crippen LogP contribution in [0, 0.1) is 11.3 Å². The van der Waals surface area contributed by atoms with Gasteiger partial charge in [-0.2, -0.15) is 0 Å². The van der Waals surface area contributed by atoms with E-state index in [0.717, 1.165) is 12.8 Å². The standard InChI is InChI=1S/C11H18O/c1-8-5-6-11(3,4)7-10(8)9(2)12/h5,10H,6-7H2,1-4H3. The number of allylic oxidation sites excluding steroid dienone is 2. The summed E-state index contributed by atoms with van der Waals surface area (Å²) in [7, 11) is 0. The molecule has 1 unspecified atom stereocenters. The summed E-state index contributed by atoms with van der Waals surface area (Å²) < 4.78 is 0. The number of rotatable bonds is 1. The SMILES string of the molecule is CC(=O)C1CC(C)(C)CC=C1C. The number of ketones is 1. The van der Waals surface area contributed by atoms with E-state index in [1.54, 1.807) is 6.92 Å². The molecule has 0 aromatic rings. The maximum atomic E-state index is 11.3. The van der Waals surface area contributed by atoms with Gasteiger partial charge in [0.05, 0.1) is 0 Å². The van der Waals surface area contributed by atoms with Crippen LogP contribution in [0.3, 0.4) is 0 Å². The minimum atomic E-state index is 0.189. The second-order valence-electron chi connectivity index (χ2n) is 4.68. The molecule has 0 aromatic heterocycles. The van der Waals surface area contributed by atoms with E-state index in [1.165, 1.54) is 5.57 Å². The summed E-state index contributed by atoms with van der Waals surface area (Å²) in [6.45, 7) is 8.22. The molecular weight excluding hydrogens is 148 g/mol. The molecular formula is C11H18O. The molecule has 1 heteroatoms. The van der Waals surface area contributed by atoms with Crippen LogP contribution in [-0.2, 0) is 4.79 Å². The van der Waals surface area contributed by atoms with E-state index in [-0.39, 0.29) is 5.92 Å². The smallest absolute Gasteiger partial charge is 0.136 e. The monoisotopic (exact) mass is 166 g/mol. The fourth-order valence-electron chi connectivity index (χ4n) is 1.84. The third-order valence-corrected chi connectivity index (χ3v) is 2.77. The van der Waals surface area contributed by atoms with E-state index in [1.807, 2.05) is 0 Å². The van der Waals surface area contributed by atoms with Gasteiger partial charge in [-0.1, -0.05) is 25.5 Å². The predicted octanol–water partition coefficient (Wildman–Crippen LogP) is 2.96. The molecule has 0 saturated carbocycles. The van der Waals surface area contributed by atoms with E-state index >= 15 is 0 Å². The van der Waals surface area contributed by atoms with Gasteiger partial charge in [-0.15, -0.1) is 0 Å². The first-order chi connectivity index (χ1) is 5.42. The number of carbonyl (C=O) groups excluding carboxylic acids is 1. The van der Waals surface area contributed by atoms with Crippen LogP contribution in [0.2, 0.25) is 0 Å². The van der Waals surface area contributed by atoms with Crippen molar-refractivity contribution in [2.24, 2.45) is 11.3 Å². The fraction of sp³-hybridized carbons (Fsp3) is 0.727. The van der Waals surface area contributed by atoms with Crippen LogP contribution in [-0.4, -0.2) is 5.78 Å². The molecule has 0 bridgehead atoms. The summed E-state index contributed by atoms with van der Waals surface area (Å²) in [6, 6.07) is 0. The molecule has 68 valence electrons.